The van der Waals surface area contributed by atoms with Gasteiger partial charge in [-0.15, -0.1) is 0 Å². The van der Waals surface area contributed by atoms with Crippen LogP contribution in [0.3, 0.4) is 0 Å². The minimum absolute atomic E-state index is 0.0375. The SMILES string of the molecule is Cc1cc(C)c(NC(=O)CN(CCO)C(C)C)c(Cl)c1. The molecule has 1 amide bonds. The molecule has 0 atom stereocenters. The number of hydrogen-bond donors (Lipinski definition) is 2. The van der Waals surface area contributed by atoms with Crippen molar-refractivity contribution in [2.45, 2.75) is 33.7 Å². The Labute approximate surface area is 125 Å². The lowest BCUT2D eigenvalue weighted by Gasteiger charge is -2.25. The van der Waals surface area contributed by atoms with Crippen molar-refractivity contribution >= 4 is 23.2 Å². The van der Waals surface area contributed by atoms with Crippen molar-refractivity contribution in [3.05, 3.63) is 28.3 Å². The molecule has 0 bridgehead atoms. The third-order valence-electron chi connectivity index (χ3n) is 3.16. The number of halogens is 1. The Kier molecular flexibility index (Phi) is 6.46. The summed E-state index contributed by atoms with van der Waals surface area (Å²) >= 11 is 6.17. The van der Waals surface area contributed by atoms with Crippen LogP contribution in [0.2, 0.25) is 5.02 Å². The fraction of sp³-hybridized carbons (Fsp3) is 0.533. The number of carbonyl (C=O) groups excluding carboxylic acids is 1. The Morgan fingerprint density at radius 1 is 1.40 bits per heavy atom. The average molecular weight is 299 g/mol. The molecule has 0 fully saturated rings. The lowest BCUT2D eigenvalue weighted by Crippen LogP contribution is -2.39. The molecule has 0 unspecified atom stereocenters. The van der Waals surface area contributed by atoms with E-state index >= 15 is 0 Å². The van der Waals surface area contributed by atoms with Gasteiger partial charge in [-0.3, -0.25) is 9.69 Å². The summed E-state index contributed by atoms with van der Waals surface area (Å²) in [5.74, 6) is -0.124. The van der Waals surface area contributed by atoms with Gasteiger partial charge in [-0.05, 0) is 44.9 Å². The Morgan fingerprint density at radius 3 is 2.55 bits per heavy atom. The third-order valence-corrected chi connectivity index (χ3v) is 3.46. The minimum atomic E-state index is -0.124. The molecule has 1 aromatic carbocycles. The number of aryl methyl sites for hydroxylation is 2. The molecule has 1 rings (SSSR count). The molecule has 0 saturated carbocycles. The lowest BCUT2D eigenvalue weighted by atomic mass is 10.1. The van der Waals surface area contributed by atoms with Crippen LogP contribution in [-0.4, -0.2) is 41.7 Å². The summed E-state index contributed by atoms with van der Waals surface area (Å²) in [6.45, 7) is 8.62. The average Bonchev–Trinajstić information content (AvgIpc) is 2.33. The van der Waals surface area contributed by atoms with Crippen LogP contribution in [0, 0.1) is 13.8 Å². The second-order valence-corrected chi connectivity index (χ2v) is 5.68. The zero-order valence-electron chi connectivity index (χ0n) is 12.5. The molecule has 5 heteroatoms. The first kappa shape index (κ1) is 17.0. The van der Waals surface area contributed by atoms with E-state index in [0.717, 1.165) is 11.1 Å². The second-order valence-electron chi connectivity index (χ2n) is 5.27. The highest BCUT2D eigenvalue weighted by atomic mass is 35.5. The van der Waals surface area contributed by atoms with Gasteiger partial charge >= 0.3 is 0 Å². The van der Waals surface area contributed by atoms with E-state index in [1.807, 2.05) is 44.7 Å². The van der Waals surface area contributed by atoms with Crippen LogP contribution in [0.15, 0.2) is 12.1 Å². The number of anilines is 1. The fourth-order valence-electron chi connectivity index (χ4n) is 2.09. The molecule has 4 nitrogen and oxygen atoms in total. The number of benzene rings is 1. The summed E-state index contributed by atoms with van der Waals surface area (Å²) in [6.07, 6.45) is 0. The molecule has 20 heavy (non-hydrogen) atoms. The third kappa shape index (κ3) is 4.78. The van der Waals surface area contributed by atoms with E-state index in [1.165, 1.54) is 0 Å². The van der Waals surface area contributed by atoms with Crippen LogP contribution in [0.5, 0.6) is 0 Å². The number of nitrogens with one attached hydrogen (secondary N) is 1. The molecule has 0 radical (unpaired) electrons. The van der Waals surface area contributed by atoms with Crippen LogP contribution in [0.25, 0.3) is 0 Å². The van der Waals surface area contributed by atoms with E-state index in [-0.39, 0.29) is 25.1 Å². The molecule has 112 valence electrons. The molecular formula is C15H23ClN2O2. The standard InChI is InChI=1S/C15H23ClN2O2/c1-10(2)18(5-6-19)9-14(20)17-15-12(4)7-11(3)8-13(15)16/h7-8,10,19H,5-6,9H2,1-4H3,(H,17,20). The molecule has 0 spiro atoms. The van der Waals surface area contributed by atoms with Crippen molar-refractivity contribution in [2.24, 2.45) is 0 Å². The van der Waals surface area contributed by atoms with Gasteiger partial charge in [-0.1, -0.05) is 17.7 Å². The maximum atomic E-state index is 12.1. The molecular weight excluding hydrogens is 276 g/mol. The van der Waals surface area contributed by atoms with E-state index in [2.05, 4.69) is 5.32 Å². The topological polar surface area (TPSA) is 52.6 Å². The number of amides is 1. The predicted octanol–water partition coefficient (Wildman–Crippen LogP) is 2.60. The number of rotatable bonds is 6. The minimum Gasteiger partial charge on any atom is -0.395 e. The highest BCUT2D eigenvalue weighted by Crippen LogP contribution is 2.27. The van der Waals surface area contributed by atoms with Gasteiger partial charge in [0.1, 0.15) is 0 Å². The Balaban J connectivity index is 2.76. The first-order chi connectivity index (χ1) is 9.35. The Morgan fingerprint density at radius 2 is 2.05 bits per heavy atom. The Bertz CT molecular complexity index is 452. The Hall–Kier alpha value is -1.10. The molecule has 0 aliphatic rings. The molecule has 0 heterocycles. The van der Waals surface area contributed by atoms with Gasteiger partial charge in [0.25, 0.3) is 0 Å². The van der Waals surface area contributed by atoms with Gasteiger partial charge in [-0.2, -0.15) is 0 Å². The first-order valence-corrected chi connectivity index (χ1v) is 7.14. The van der Waals surface area contributed by atoms with Crippen LogP contribution in [-0.2, 0) is 4.79 Å². The lowest BCUT2D eigenvalue weighted by molar-refractivity contribution is -0.117. The van der Waals surface area contributed by atoms with Crippen molar-refractivity contribution in [1.29, 1.82) is 0 Å². The van der Waals surface area contributed by atoms with Crippen molar-refractivity contribution in [1.82, 2.24) is 4.90 Å². The molecule has 2 N–H and O–H groups in total. The van der Waals surface area contributed by atoms with E-state index in [1.54, 1.807) is 0 Å². The molecule has 0 aliphatic heterocycles. The fourth-order valence-corrected chi connectivity index (χ4v) is 2.45. The van der Waals surface area contributed by atoms with Gasteiger partial charge in [0.05, 0.1) is 23.9 Å². The molecule has 1 aromatic rings. The summed E-state index contributed by atoms with van der Waals surface area (Å²) in [5.41, 5.74) is 2.67. The van der Waals surface area contributed by atoms with Gasteiger partial charge < -0.3 is 10.4 Å². The summed E-state index contributed by atoms with van der Waals surface area (Å²) < 4.78 is 0. The van der Waals surface area contributed by atoms with Crippen LogP contribution in [0.1, 0.15) is 25.0 Å². The number of aliphatic hydroxyl groups excluding tert-OH is 1. The number of carbonyl (C=O) groups is 1. The quantitative estimate of drug-likeness (QED) is 0.849. The van der Waals surface area contributed by atoms with Crippen molar-refractivity contribution in [3.8, 4) is 0 Å². The van der Waals surface area contributed by atoms with E-state index < -0.39 is 0 Å². The monoisotopic (exact) mass is 298 g/mol. The highest BCUT2D eigenvalue weighted by Gasteiger charge is 2.15. The van der Waals surface area contributed by atoms with Crippen molar-refractivity contribution in [3.63, 3.8) is 0 Å². The first-order valence-electron chi connectivity index (χ1n) is 6.76. The molecule has 0 saturated heterocycles. The largest absolute Gasteiger partial charge is 0.395 e. The normalized spacial score (nSPS) is 11.2. The van der Waals surface area contributed by atoms with Crippen molar-refractivity contribution in [2.75, 3.05) is 25.0 Å². The van der Waals surface area contributed by atoms with Gasteiger partial charge in [0.15, 0.2) is 0 Å². The predicted molar refractivity (Wildman–Crippen MR) is 83.4 cm³/mol. The number of aliphatic hydroxyl groups is 1. The smallest absolute Gasteiger partial charge is 0.238 e. The second kappa shape index (κ2) is 7.62. The van der Waals surface area contributed by atoms with Gasteiger partial charge in [0, 0.05) is 12.6 Å². The van der Waals surface area contributed by atoms with Gasteiger partial charge in [0.2, 0.25) is 5.91 Å². The van der Waals surface area contributed by atoms with Crippen LogP contribution < -0.4 is 5.32 Å². The number of nitrogens with zero attached hydrogens (tertiary/aromatic N) is 1. The van der Waals surface area contributed by atoms with E-state index in [4.69, 9.17) is 16.7 Å². The maximum Gasteiger partial charge on any atom is 0.238 e. The highest BCUT2D eigenvalue weighted by molar-refractivity contribution is 6.34. The van der Waals surface area contributed by atoms with E-state index in [9.17, 15) is 4.79 Å². The van der Waals surface area contributed by atoms with Crippen molar-refractivity contribution < 1.29 is 9.90 Å². The van der Waals surface area contributed by atoms with E-state index in [0.29, 0.717) is 17.3 Å². The number of hydrogen-bond acceptors (Lipinski definition) is 3. The summed E-state index contributed by atoms with van der Waals surface area (Å²) in [4.78, 5) is 14.0. The van der Waals surface area contributed by atoms with Crippen LogP contribution >= 0.6 is 11.6 Å². The summed E-state index contributed by atoms with van der Waals surface area (Å²) in [5, 5.41) is 12.4. The molecule has 0 aliphatic carbocycles. The van der Waals surface area contributed by atoms with Gasteiger partial charge in [-0.25, -0.2) is 0 Å². The van der Waals surface area contributed by atoms with Crippen LogP contribution in [0.4, 0.5) is 5.69 Å². The summed E-state index contributed by atoms with van der Waals surface area (Å²) in [7, 11) is 0. The maximum absolute atomic E-state index is 12.1. The molecule has 0 aromatic heterocycles. The zero-order chi connectivity index (χ0) is 15.3. The zero-order valence-corrected chi connectivity index (χ0v) is 13.3. The summed E-state index contributed by atoms with van der Waals surface area (Å²) in [6, 6.07) is 4.01.